The lowest BCUT2D eigenvalue weighted by atomic mass is 9.98. The average Bonchev–Trinajstić information content (AvgIpc) is 2.40. The summed E-state index contributed by atoms with van der Waals surface area (Å²) in [4.78, 5) is 10.8. The number of piperidine rings is 1. The van der Waals surface area contributed by atoms with E-state index < -0.39 is 0 Å². The lowest BCUT2D eigenvalue weighted by molar-refractivity contribution is 0.217. The van der Waals surface area contributed by atoms with Crippen LogP contribution in [0.3, 0.4) is 0 Å². The third-order valence-electron chi connectivity index (χ3n) is 3.67. The zero-order valence-corrected chi connectivity index (χ0v) is 12.6. The van der Waals surface area contributed by atoms with Crippen molar-refractivity contribution in [3.8, 4) is 0 Å². The summed E-state index contributed by atoms with van der Waals surface area (Å²) in [6.07, 6.45) is 6.09. The molecule has 0 saturated carbocycles. The smallest absolute Gasteiger partial charge is 0.137 e. The second-order valence-electron chi connectivity index (χ2n) is 5.39. The molecule has 5 heteroatoms. The van der Waals surface area contributed by atoms with Crippen molar-refractivity contribution in [2.45, 2.75) is 32.6 Å². The summed E-state index contributed by atoms with van der Waals surface area (Å²) in [7, 11) is 2.19. The fourth-order valence-electron chi connectivity index (χ4n) is 2.70. The minimum absolute atomic E-state index is 0.583. The van der Waals surface area contributed by atoms with Crippen LogP contribution in [0.15, 0.2) is 6.33 Å². The van der Waals surface area contributed by atoms with Crippen molar-refractivity contribution < 1.29 is 0 Å². The van der Waals surface area contributed by atoms with Crippen LogP contribution in [0.4, 0.5) is 5.82 Å². The Morgan fingerprint density at radius 3 is 3.05 bits per heavy atom. The van der Waals surface area contributed by atoms with Crippen LogP contribution in [0.2, 0.25) is 5.15 Å². The van der Waals surface area contributed by atoms with E-state index in [4.69, 9.17) is 11.6 Å². The van der Waals surface area contributed by atoms with Crippen LogP contribution in [-0.4, -0.2) is 41.5 Å². The highest BCUT2D eigenvalue weighted by molar-refractivity contribution is 6.30. The molecule has 0 aliphatic carbocycles. The van der Waals surface area contributed by atoms with E-state index in [1.165, 1.54) is 25.7 Å². The molecule has 2 heterocycles. The first-order chi connectivity index (χ1) is 9.20. The number of anilines is 1. The van der Waals surface area contributed by atoms with E-state index in [1.807, 2.05) is 0 Å². The summed E-state index contributed by atoms with van der Waals surface area (Å²) >= 11 is 6.15. The molecule has 1 fully saturated rings. The minimum atomic E-state index is 0.583. The molecule has 0 aromatic carbocycles. The molecule has 0 bridgehead atoms. The third-order valence-corrected chi connectivity index (χ3v) is 4.00. The molecule has 106 valence electrons. The van der Waals surface area contributed by atoms with Gasteiger partial charge >= 0.3 is 0 Å². The molecular weight excluding hydrogens is 260 g/mol. The number of aromatic nitrogens is 2. The Balaban J connectivity index is 1.96. The number of likely N-dealkylation sites (tertiary alicyclic amines) is 1. The number of nitrogens with zero attached hydrogens (tertiary/aromatic N) is 3. The van der Waals surface area contributed by atoms with Gasteiger partial charge in [-0.15, -0.1) is 0 Å². The van der Waals surface area contributed by atoms with E-state index in [0.29, 0.717) is 11.1 Å². The molecular formula is C14H23ClN4. The molecule has 2 rings (SSSR count). The van der Waals surface area contributed by atoms with Crippen LogP contribution in [0.25, 0.3) is 0 Å². The van der Waals surface area contributed by atoms with E-state index in [9.17, 15) is 0 Å². The van der Waals surface area contributed by atoms with Gasteiger partial charge in [0.15, 0.2) is 0 Å². The van der Waals surface area contributed by atoms with Gasteiger partial charge in [-0.3, -0.25) is 0 Å². The van der Waals surface area contributed by atoms with Crippen molar-refractivity contribution in [1.29, 1.82) is 0 Å². The van der Waals surface area contributed by atoms with Crippen molar-refractivity contribution >= 4 is 17.4 Å². The van der Waals surface area contributed by atoms with E-state index in [-0.39, 0.29) is 0 Å². The van der Waals surface area contributed by atoms with Gasteiger partial charge in [0.1, 0.15) is 17.3 Å². The number of hydrogen-bond acceptors (Lipinski definition) is 4. The van der Waals surface area contributed by atoms with E-state index >= 15 is 0 Å². The van der Waals surface area contributed by atoms with Gasteiger partial charge in [0.05, 0.1) is 0 Å². The normalized spacial score (nSPS) is 20.5. The fraction of sp³-hybridized carbons (Fsp3) is 0.714. The zero-order valence-electron chi connectivity index (χ0n) is 11.8. The standard InChI is InChI=1S/C14H23ClN4/c1-3-5-12-13(15)17-10-18-14(12)16-8-11-6-4-7-19(2)9-11/h10-11H,3-9H2,1-2H3,(H,16,17,18). The molecule has 1 N–H and O–H groups in total. The Hall–Kier alpha value is -0.870. The highest BCUT2D eigenvalue weighted by Gasteiger charge is 2.18. The lowest BCUT2D eigenvalue weighted by Crippen LogP contribution is -2.35. The zero-order chi connectivity index (χ0) is 13.7. The summed E-state index contributed by atoms with van der Waals surface area (Å²) in [5, 5.41) is 4.05. The van der Waals surface area contributed by atoms with Crippen molar-refractivity contribution in [2.75, 3.05) is 32.0 Å². The number of nitrogens with one attached hydrogen (secondary N) is 1. The Labute approximate surface area is 120 Å². The second-order valence-corrected chi connectivity index (χ2v) is 5.75. The number of hydrogen-bond donors (Lipinski definition) is 1. The maximum atomic E-state index is 6.15. The van der Waals surface area contributed by atoms with Gasteiger partial charge in [-0.1, -0.05) is 24.9 Å². The van der Waals surface area contributed by atoms with Gasteiger partial charge < -0.3 is 10.2 Å². The molecule has 4 nitrogen and oxygen atoms in total. The Bertz CT molecular complexity index is 410. The quantitative estimate of drug-likeness (QED) is 0.843. The second kappa shape index (κ2) is 7.06. The molecule has 0 radical (unpaired) electrons. The summed E-state index contributed by atoms with van der Waals surface area (Å²) in [5.41, 5.74) is 1.05. The Kier molecular flexibility index (Phi) is 5.40. The number of halogens is 1. The SMILES string of the molecule is CCCc1c(Cl)ncnc1NCC1CCCN(C)C1. The molecule has 1 aliphatic heterocycles. The molecule has 1 saturated heterocycles. The molecule has 0 spiro atoms. The van der Waals surface area contributed by atoms with Crippen molar-refractivity contribution in [3.63, 3.8) is 0 Å². The van der Waals surface area contributed by atoms with Crippen LogP contribution in [-0.2, 0) is 6.42 Å². The van der Waals surface area contributed by atoms with Crippen molar-refractivity contribution in [2.24, 2.45) is 5.92 Å². The molecule has 0 amide bonds. The Morgan fingerprint density at radius 2 is 2.32 bits per heavy atom. The monoisotopic (exact) mass is 282 g/mol. The molecule has 1 aliphatic rings. The van der Waals surface area contributed by atoms with Crippen molar-refractivity contribution in [1.82, 2.24) is 14.9 Å². The third kappa shape index (κ3) is 4.05. The van der Waals surface area contributed by atoms with E-state index in [0.717, 1.165) is 37.3 Å². The van der Waals surface area contributed by atoms with Gasteiger partial charge in [0, 0.05) is 18.7 Å². The van der Waals surface area contributed by atoms with E-state index in [1.54, 1.807) is 0 Å². The maximum Gasteiger partial charge on any atom is 0.137 e. The largest absolute Gasteiger partial charge is 0.369 e. The summed E-state index contributed by atoms with van der Waals surface area (Å²) in [6.45, 7) is 5.49. The minimum Gasteiger partial charge on any atom is -0.369 e. The first kappa shape index (κ1) is 14.5. The molecule has 1 unspecified atom stereocenters. The average molecular weight is 283 g/mol. The summed E-state index contributed by atoms with van der Waals surface area (Å²) in [5.74, 6) is 1.61. The fourth-order valence-corrected chi connectivity index (χ4v) is 2.92. The summed E-state index contributed by atoms with van der Waals surface area (Å²) in [6, 6.07) is 0. The lowest BCUT2D eigenvalue weighted by Gasteiger charge is -2.30. The topological polar surface area (TPSA) is 41.1 Å². The van der Waals surface area contributed by atoms with Gasteiger partial charge in [0.2, 0.25) is 0 Å². The molecule has 1 atom stereocenters. The van der Waals surface area contributed by atoms with Crippen LogP contribution in [0.5, 0.6) is 0 Å². The highest BCUT2D eigenvalue weighted by atomic mass is 35.5. The van der Waals surface area contributed by atoms with Gasteiger partial charge in [-0.25, -0.2) is 9.97 Å². The van der Waals surface area contributed by atoms with Crippen molar-refractivity contribution in [3.05, 3.63) is 17.0 Å². The molecule has 19 heavy (non-hydrogen) atoms. The number of rotatable bonds is 5. The van der Waals surface area contributed by atoms with E-state index in [2.05, 4.69) is 34.2 Å². The Morgan fingerprint density at radius 1 is 1.47 bits per heavy atom. The highest BCUT2D eigenvalue weighted by Crippen LogP contribution is 2.22. The van der Waals surface area contributed by atoms with Gasteiger partial charge in [-0.2, -0.15) is 0 Å². The van der Waals surface area contributed by atoms with Gasteiger partial charge in [0.25, 0.3) is 0 Å². The van der Waals surface area contributed by atoms with Crippen LogP contribution in [0.1, 0.15) is 31.7 Å². The first-order valence-electron chi connectivity index (χ1n) is 7.12. The predicted octanol–water partition coefficient (Wildman–Crippen LogP) is 2.84. The van der Waals surface area contributed by atoms with Crippen LogP contribution in [0, 0.1) is 5.92 Å². The molecule has 1 aromatic heterocycles. The van der Waals surface area contributed by atoms with Crippen LogP contribution >= 0.6 is 11.6 Å². The first-order valence-corrected chi connectivity index (χ1v) is 7.50. The molecule has 1 aromatic rings. The summed E-state index contributed by atoms with van der Waals surface area (Å²) < 4.78 is 0. The maximum absolute atomic E-state index is 6.15. The van der Waals surface area contributed by atoms with Gasteiger partial charge in [-0.05, 0) is 38.8 Å². The predicted molar refractivity (Wildman–Crippen MR) is 79.7 cm³/mol. The van der Waals surface area contributed by atoms with Crippen LogP contribution < -0.4 is 5.32 Å².